The normalized spacial score (nSPS) is 21.5. The highest BCUT2D eigenvalue weighted by atomic mass is 79.9. The molecule has 3 atom stereocenters. The number of sulfonamides is 1. The Bertz CT molecular complexity index is 570. The Labute approximate surface area is 160 Å². The summed E-state index contributed by atoms with van der Waals surface area (Å²) in [7, 11) is -0.647. The van der Waals surface area contributed by atoms with Crippen LogP contribution in [0.15, 0.2) is 0 Å². The van der Waals surface area contributed by atoms with Gasteiger partial charge < -0.3 is 9.64 Å². The lowest BCUT2D eigenvalue weighted by molar-refractivity contribution is -0.155. The third kappa shape index (κ3) is 4.70. The summed E-state index contributed by atoms with van der Waals surface area (Å²) in [5.74, 6) is -1.26. The Kier molecular flexibility index (Phi) is 8.15. The molecule has 1 unspecified atom stereocenters. The molecule has 1 rings (SSSR count). The predicted molar refractivity (Wildman–Crippen MR) is 98.5 cm³/mol. The van der Waals surface area contributed by atoms with Crippen LogP contribution in [-0.2, 0) is 24.3 Å². The third-order valence-electron chi connectivity index (χ3n) is 4.14. The van der Waals surface area contributed by atoms with E-state index in [1.54, 1.807) is 7.05 Å². The van der Waals surface area contributed by atoms with E-state index >= 15 is 0 Å². The minimum atomic E-state index is -3.50. The number of ether oxygens (including phenoxy) is 1. The molecule has 1 amide bonds. The van der Waals surface area contributed by atoms with Gasteiger partial charge in [0.05, 0.1) is 13.0 Å². The van der Waals surface area contributed by atoms with Gasteiger partial charge >= 0.3 is 5.97 Å². The van der Waals surface area contributed by atoms with Gasteiger partial charge in [0.25, 0.3) is 0 Å². The maximum Gasteiger partial charge on any atom is 0.328 e. The zero-order valence-electron chi connectivity index (χ0n) is 14.2. The lowest BCUT2D eigenvalue weighted by atomic mass is 10.00. The van der Waals surface area contributed by atoms with Gasteiger partial charge in [0, 0.05) is 25.5 Å². The van der Waals surface area contributed by atoms with Crippen molar-refractivity contribution in [3.63, 3.8) is 0 Å². The number of amides is 1. The van der Waals surface area contributed by atoms with Crippen LogP contribution in [0.2, 0.25) is 0 Å². The van der Waals surface area contributed by atoms with Crippen molar-refractivity contribution in [1.29, 1.82) is 0 Å². The van der Waals surface area contributed by atoms with Gasteiger partial charge in [0.2, 0.25) is 15.9 Å². The summed E-state index contributed by atoms with van der Waals surface area (Å²) in [4.78, 5) is 26.0. The number of rotatable bonds is 7. The Hall–Kier alpha value is -0.190. The van der Waals surface area contributed by atoms with E-state index in [1.807, 2.05) is 13.8 Å². The lowest BCUT2D eigenvalue weighted by Gasteiger charge is -2.31. The van der Waals surface area contributed by atoms with Crippen LogP contribution in [-0.4, -0.2) is 72.3 Å². The van der Waals surface area contributed by atoms with Gasteiger partial charge in [-0.2, -0.15) is 0 Å². The quantitative estimate of drug-likeness (QED) is 0.397. The van der Waals surface area contributed by atoms with E-state index in [9.17, 15) is 18.0 Å². The first-order chi connectivity index (χ1) is 11.1. The zero-order valence-corrected chi connectivity index (χ0v) is 18.2. The molecule has 0 aromatic heterocycles. The Balaban J connectivity index is 2.85. The lowest BCUT2D eigenvalue weighted by Crippen LogP contribution is -2.49. The van der Waals surface area contributed by atoms with Gasteiger partial charge in [-0.25, -0.2) is 17.5 Å². The second kappa shape index (κ2) is 8.95. The van der Waals surface area contributed by atoms with E-state index in [0.717, 1.165) is 0 Å². The summed E-state index contributed by atoms with van der Waals surface area (Å²) in [6.45, 7) is 4.10. The van der Waals surface area contributed by atoms with Crippen molar-refractivity contribution in [3.05, 3.63) is 0 Å². The summed E-state index contributed by atoms with van der Waals surface area (Å²) in [5, 5.41) is 0.266. The highest BCUT2D eigenvalue weighted by molar-refractivity contribution is 9.13. The Morgan fingerprint density at radius 2 is 1.96 bits per heavy atom. The molecule has 1 aliphatic heterocycles. The molecule has 0 bridgehead atoms. The number of hydrogen-bond donors (Lipinski definition) is 0. The Morgan fingerprint density at radius 1 is 1.38 bits per heavy atom. The Morgan fingerprint density at radius 3 is 2.42 bits per heavy atom. The number of halogens is 2. The number of carbonyl (C=O) groups is 2. The summed E-state index contributed by atoms with van der Waals surface area (Å²) in [6, 6.07) is -0.681. The highest BCUT2D eigenvalue weighted by Gasteiger charge is 2.41. The molecule has 0 radical (unpaired) electrons. The fourth-order valence-electron chi connectivity index (χ4n) is 2.83. The smallest absolute Gasteiger partial charge is 0.328 e. The first-order valence-corrected chi connectivity index (χ1v) is 11.1. The average Bonchev–Trinajstić information content (AvgIpc) is 3.03. The minimum absolute atomic E-state index is 0.104. The highest BCUT2D eigenvalue weighted by Crippen LogP contribution is 2.27. The molecule has 0 aromatic carbocycles. The van der Waals surface area contributed by atoms with Crippen molar-refractivity contribution >= 4 is 53.8 Å². The van der Waals surface area contributed by atoms with Crippen molar-refractivity contribution in [1.82, 2.24) is 9.21 Å². The monoisotopic (exact) mass is 490 g/mol. The van der Waals surface area contributed by atoms with E-state index in [0.29, 0.717) is 13.0 Å². The van der Waals surface area contributed by atoms with E-state index in [1.165, 1.54) is 16.3 Å². The second-order valence-corrected chi connectivity index (χ2v) is 10.6. The molecule has 1 heterocycles. The van der Waals surface area contributed by atoms with Crippen LogP contribution in [0.1, 0.15) is 20.3 Å². The van der Waals surface area contributed by atoms with Crippen molar-refractivity contribution < 1.29 is 22.7 Å². The van der Waals surface area contributed by atoms with Crippen LogP contribution in [0.5, 0.6) is 0 Å². The van der Waals surface area contributed by atoms with Crippen molar-refractivity contribution in [2.24, 2.45) is 11.8 Å². The molecule has 0 N–H and O–H groups in total. The maximum atomic E-state index is 12.7. The molecule has 0 spiro atoms. The molecule has 1 aliphatic rings. The third-order valence-corrected chi connectivity index (χ3v) is 9.69. The van der Waals surface area contributed by atoms with Gasteiger partial charge in [0.1, 0.15) is 10.2 Å². The number of likely N-dealkylation sites (N-methyl/N-ethyl adjacent to an activating group) is 1. The molecule has 24 heavy (non-hydrogen) atoms. The van der Waals surface area contributed by atoms with Gasteiger partial charge in [0.15, 0.2) is 0 Å². The summed E-state index contributed by atoms with van der Waals surface area (Å²) >= 11 is 6.28. The van der Waals surface area contributed by atoms with Crippen LogP contribution in [0.4, 0.5) is 0 Å². The zero-order chi connectivity index (χ0) is 18.7. The largest absolute Gasteiger partial charge is 0.467 e. The first kappa shape index (κ1) is 21.9. The SMILES string of the molecule is COC(=O)[C@H](C(C)C)N(C)C(=O)[C@H]1CCN(S(=O)(=O)C(Br)CBr)C1. The molecule has 0 saturated carbocycles. The summed E-state index contributed by atoms with van der Waals surface area (Å²) in [5.41, 5.74) is 0. The van der Waals surface area contributed by atoms with Crippen LogP contribution >= 0.6 is 31.9 Å². The molecular formula is C14H24Br2N2O5S. The molecule has 7 nitrogen and oxygen atoms in total. The van der Waals surface area contributed by atoms with Gasteiger partial charge in [-0.05, 0) is 12.3 Å². The van der Waals surface area contributed by atoms with E-state index in [2.05, 4.69) is 31.9 Å². The number of carbonyl (C=O) groups excluding carboxylic acids is 2. The fraction of sp³-hybridized carbons (Fsp3) is 0.857. The number of hydrogen-bond acceptors (Lipinski definition) is 5. The topological polar surface area (TPSA) is 84.0 Å². The maximum absolute atomic E-state index is 12.7. The van der Waals surface area contributed by atoms with Crippen LogP contribution in [0.25, 0.3) is 0 Å². The fourth-order valence-corrected chi connectivity index (χ4v) is 5.77. The van der Waals surface area contributed by atoms with Crippen LogP contribution in [0.3, 0.4) is 0 Å². The number of nitrogens with zero attached hydrogens (tertiary/aromatic N) is 2. The van der Waals surface area contributed by atoms with Crippen molar-refractivity contribution in [3.8, 4) is 0 Å². The molecule has 1 saturated heterocycles. The molecule has 10 heteroatoms. The summed E-state index contributed by atoms with van der Waals surface area (Å²) < 4.78 is 30.1. The minimum Gasteiger partial charge on any atom is -0.467 e. The van der Waals surface area contributed by atoms with E-state index in [-0.39, 0.29) is 23.7 Å². The predicted octanol–water partition coefficient (Wildman–Crippen LogP) is 1.41. The first-order valence-electron chi connectivity index (χ1n) is 7.61. The standard InChI is InChI=1S/C14H24Br2N2O5S/c1-9(2)12(14(20)23-4)17(3)13(19)10-5-6-18(8-10)24(21,22)11(16)7-15/h9-12H,5-8H2,1-4H3/t10-,11?,12-/m0/s1. The van der Waals surface area contributed by atoms with Gasteiger partial charge in [-0.3, -0.25) is 4.79 Å². The van der Waals surface area contributed by atoms with Gasteiger partial charge in [-0.15, -0.1) is 0 Å². The molecular weight excluding hydrogens is 468 g/mol. The van der Waals surface area contributed by atoms with E-state index in [4.69, 9.17) is 4.74 Å². The summed E-state index contributed by atoms with van der Waals surface area (Å²) in [6.07, 6.45) is 0.441. The number of alkyl halides is 2. The average molecular weight is 492 g/mol. The van der Waals surface area contributed by atoms with Crippen LogP contribution in [0, 0.1) is 11.8 Å². The number of esters is 1. The number of methoxy groups -OCH3 is 1. The molecule has 0 aromatic rings. The molecule has 0 aliphatic carbocycles. The van der Waals surface area contributed by atoms with Gasteiger partial charge in [-0.1, -0.05) is 45.7 Å². The van der Waals surface area contributed by atoms with Crippen LogP contribution < -0.4 is 0 Å². The van der Waals surface area contributed by atoms with E-state index < -0.39 is 32.1 Å². The van der Waals surface area contributed by atoms with Crippen molar-refractivity contribution in [2.75, 3.05) is 32.6 Å². The van der Waals surface area contributed by atoms with Crippen molar-refractivity contribution in [2.45, 2.75) is 30.5 Å². The molecule has 140 valence electrons. The second-order valence-electron chi connectivity index (χ2n) is 6.11. The molecule has 1 fully saturated rings.